The lowest BCUT2D eigenvalue weighted by Crippen LogP contribution is -1.92. The highest BCUT2D eigenvalue weighted by atomic mass is 79.9. The van der Waals surface area contributed by atoms with Gasteiger partial charge in [0.25, 0.3) is 5.89 Å². The fraction of sp³-hybridized carbons (Fsp3) is 0.0667. The Labute approximate surface area is 129 Å². The molecule has 0 saturated heterocycles. The molecule has 2 aromatic carbocycles. The average molecular weight is 346 g/mol. The van der Waals surface area contributed by atoms with Gasteiger partial charge in [-0.3, -0.25) is 0 Å². The number of anilines is 1. The van der Waals surface area contributed by atoms with Crippen LogP contribution in [0.15, 0.2) is 51.5 Å². The summed E-state index contributed by atoms with van der Waals surface area (Å²) in [5.41, 5.74) is 8.03. The first-order chi connectivity index (χ1) is 10.2. The number of halogens is 1. The summed E-state index contributed by atoms with van der Waals surface area (Å²) >= 11 is 3.47. The largest absolute Gasteiger partial charge is 0.495 e. The van der Waals surface area contributed by atoms with Crippen molar-refractivity contribution >= 4 is 21.6 Å². The number of hydrogen-bond acceptors (Lipinski definition) is 5. The van der Waals surface area contributed by atoms with Crippen molar-refractivity contribution in [3.8, 4) is 28.6 Å². The first kappa shape index (κ1) is 13.6. The van der Waals surface area contributed by atoms with Gasteiger partial charge in [0.1, 0.15) is 5.75 Å². The van der Waals surface area contributed by atoms with Crippen LogP contribution in [0.25, 0.3) is 22.8 Å². The Bertz CT molecular complexity index is 786. The van der Waals surface area contributed by atoms with Crippen LogP contribution < -0.4 is 10.5 Å². The Morgan fingerprint density at radius 1 is 1.19 bits per heavy atom. The second-order valence-corrected chi connectivity index (χ2v) is 5.21. The summed E-state index contributed by atoms with van der Waals surface area (Å²) in [6.45, 7) is 0. The lowest BCUT2D eigenvalue weighted by Gasteiger charge is -2.04. The van der Waals surface area contributed by atoms with Gasteiger partial charge >= 0.3 is 0 Å². The Balaban J connectivity index is 1.99. The quantitative estimate of drug-likeness (QED) is 0.731. The van der Waals surface area contributed by atoms with Crippen molar-refractivity contribution in [1.82, 2.24) is 10.1 Å². The second-order valence-electron chi connectivity index (χ2n) is 4.36. The molecule has 0 unspecified atom stereocenters. The van der Waals surface area contributed by atoms with E-state index >= 15 is 0 Å². The summed E-state index contributed by atoms with van der Waals surface area (Å²) in [7, 11) is 1.57. The van der Waals surface area contributed by atoms with Gasteiger partial charge in [0, 0.05) is 15.6 Å². The molecule has 3 rings (SSSR count). The number of benzene rings is 2. The zero-order chi connectivity index (χ0) is 14.8. The van der Waals surface area contributed by atoms with Gasteiger partial charge in [-0.25, -0.2) is 0 Å². The van der Waals surface area contributed by atoms with Gasteiger partial charge in [-0.15, -0.1) is 0 Å². The summed E-state index contributed by atoms with van der Waals surface area (Å²) in [6.07, 6.45) is 0. The molecule has 0 spiro atoms. The molecule has 0 atom stereocenters. The second kappa shape index (κ2) is 5.57. The molecule has 1 heterocycles. The van der Waals surface area contributed by atoms with E-state index in [0.29, 0.717) is 23.2 Å². The van der Waals surface area contributed by atoms with Crippen molar-refractivity contribution in [3.63, 3.8) is 0 Å². The lowest BCUT2D eigenvalue weighted by molar-refractivity contribution is 0.416. The van der Waals surface area contributed by atoms with Crippen molar-refractivity contribution in [3.05, 3.63) is 46.9 Å². The van der Waals surface area contributed by atoms with E-state index in [4.69, 9.17) is 15.0 Å². The molecule has 0 aliphatic rings. The van der Waals surface area contributed by atoms with Crippen molar-refractivity contribution < 1.29 is 9.26 Å². The summed E-state index contributed by atoms with van der Waals surface area (Å²) < 4.78 is 11.3. The van der Waals surface area contributed by atoms with Gasteiger partial charge in [-0.2, -0.15) is 4.98 Å². The molecule has 5 nitrogen and oxygen atoms in total. The van der Waals surface area contributed by atoms with Gasteiger partial charge in [0.15, 0.2) is 0 Å². The summed E-state index contributed by atoms with van der Waals surface area (Å²) in [5.74, 6) is 1.55. The summed E-state index contributed by atoms with van der Waals surface area (Å²) in [6, 6.07) is 13.0. The zero-order valence-corrected chi connectivity index (χ0v) is 12.8. The fourth-order valence-corrected chi connectivity index (χ4v) is 2.42. The highest BCUT2D eigenvalue weighted by Crippen LogP contribution is 2.30. The van der Waals surface area contributed by atoms with Crippen LogP contribution in [0.1, 0.15) is 0 Å². The highest BCUT2D eigenvalue weighted by Gasteiger charge is 2.13. The molecule has 0 fully saturated rings. The molecule has 3 aromatic rings. The maximum Gasteiger partial charge on any atom is 0.258 e. The molecule has 106 valence electrons. The molecule has 0 radical (unpaired) electrons. The van der Waals surface area contributed by atoms with Gasteiger partial charge < -0.3 is 15.0 Å². The van der Waals surface area contributed by atoms with Crippen molar-refractivity contribution in [2.75, 3.05) is 12.8 Å². The molecule has 0 aliphatic heterocycles. The van der Waals surface area contributed by atoms with Gasteiger partial charge in [0.2, 0.25) is 5.82 Å². The van der Waals surface area contributed by atoms with Crippen LogP contribution in [0.3, 0.4) is 0 Å². The van der Waals surface area contributed by atoms with Crippen LogP contribution in [0, 0.1) is 0 Å². The topological polar surface area (TPSA) is 74.2 Å². The molecule has 0 amide bonds. The number of ether oxygens (including phenoxy) is 1. The zero-order valence-electron chi connectivity index (χ0n) is 11.2. The van der Waals surface area contributed by atoms with Crippen molar-refractivity contribution in [1.29, 1.82) is 0 Å². The molecule has 0 saturated carbocycles. The third kappa shape index (κ3) is 2.62. The van der Waals surface area contributed by atoms with E-state index in [0.717, 1.165) is 15.6 Å². The smallest absolute Gasteiger partial charge is 0.258 e. The molecular weight excluding hydrogens is 334 g/mol. The number of methoxy groups -OCH3 is 1. The first-order valence-corrected chi connectivity index (χ1v) is 7.01. The number of aromatic nitrogens is 2. The first-order valence-electron chi connectivity index (χ1n) is 6.21. The monoisotopic (exact) mass is 345 g/mol. The molecule has 1 aromatic heterocycles. The van der Waals surface area contributed by atoms with Crippen LogP contribution >= 0.6 is 15.9 Å². The Morgan fingerprint density at radius 3 is 2.71 bits per heavy atom. The minimum atomic E-state index is 0.412. The maximum absolute atomic E-state index is 5.89. The maximum atomic E-state index is 5.89. The van der Waals surface area contributed by atoms with E-state index in [1.807, 2.05) is 30.3 Å². The van der Waals surface area contributed by atoms with Crippen LogP contribution in [0.4, 0.5) is 5.69 Å². The number of nitrogens with zero attached hydrogens (tertiary/aromatic N) is 2. The molecular formula is C15H12BrN3O2. The minimum absolute atomic E-state index is 0.412. The number of nitrogen functional groups attached to an aromatic ring is 1. The minimum Gasteiger partial charge on any atom is -0.495 e. The normalized spacial score (nSPS) is 10.6. The summed E-state index contributed by atoms with van der Waals surface area (Å²) in [4.78, 5) is 4.40. The Kier molecular flexibility index (Phi) is 3.62. The van der Waals surface area contributed by atoms with E-state index in [-0.39, 0.29) is 0 Å². The van der Waals surface area contributed by atoms with E-state index < -0.39 is 0 Å². The standard InChI is InChI=1S/C15H12BrN3O2/c1-20-13-7-6-9(8-12(13)17)15-18-14(19-21-15)10-4-2-3-5-11(10)16/h2-8H,17H2,1H3. The predicted octanol–water partition coefficient (Wildman–Crippen LogP) is 3.76. The Morgan fingerprint density at radius 2 is 2.00 bits per heavy atom. The molecule has 0 bridgehead atoms. The highest BCUT2D eigenvalue weighted by molar-refractivity contribution is 9.10. The molecule has 21 heavy (non-hydrogen) atoms. The van der Waals surface area contributed by atoms with E-state index in [1.165, 1.54) is 0 Å². The Hall–Kier alpha value is -2.34. The van der Waals surface area contributed by atoms with Crippen molar-refractivity contribution in [2.24, 2.45) is 0 Å². The average Bonchev–Trinajstić information content (AvgIpc) is 2.97. The van der Waals surface area contributed by atoms with Crippen LogP contribution in [0.2, 0.25) is 0 Å². The lowest BCUT2D eigenvalue weighted by atomic mass is 10.2. The van der Waals surface area contributed by atoms with E-state index in [2.05, 4.69) is 26.1 Å². The number of rotatable bonds is 3. The van der Waals surface area contributed by atoms with Gasteiger partial charge in [0.05, 0.1) is 12.8 Å². The van der Waals surface area contributed by atoms with Gasteiger partial charge in [-0.1, -0.05) is 33.2 Å². The van der Waals surface area contributed by atoms with Crippen LogP contribution in [-0.2, 0) is 0 Å². The predicted molar refractivity (Wildman–Crippen MR) is 83.8 cm³/mol. The van der Waals surface area contributed by atoms with E-state index in [1.54, 1.807) is 19.2 Å². The van der Waals surface area contributed by atoms with E-state index in [9.17, 15) is 0 Å². The fourth-order valence-electron chi connectivity index (χ4n) is 1.96. The SMILES string of the molecule is COc1ccc(-c2nc(-c3ccccc3Br)no2)cc1N. The third-order valence-electron chi connectivity index (χ3n) is 3.02. The van der Waals surface area contributed by atoms with Crippen molar-refractivity contribution in [2.45, 2.75) is 0 Å². The number of hydrogen-bond donors (Lipinski definition) is 1. The number of nitrogens with two attached hydrogens (primary N) is 1. The molecule has 0 aliphatic carbocycles. The summed E-state index contributed by atoms with van der Waals surface area (Å²) in [5, 5.41) is 4.01. The van der Waals surface area contributed by atoms with Crippen LogP contribution in [-0.4, -0.2) is 17.3 Å². The third-order valence-corrected chi connectivity index (χ3v) is 3.71. The molecule has 6 heteroatoms. The van der Waals surface area contributed by atoms with Gasteiger partial charge in [-0.05, 0) is 30.3 Å². The van der Waals surface area contributed by atoms with Crippen LogP contribution in [0.5, 0.6) is 5.75 Å². The molecule has 2 N–H and O–H groups in total.